The number of benzene rings is 2. The van der Waals surface area contributed by atoms with E-state index in [0.29, 0.717) is 5.56 Å². The Balaban J connectivity index is 1.50. The van der Waals surface area contributed by atoms with Crippen molar-refractivity contribution in [3.63, 3.8) is 0 Å². The third-order valence-electron chi connectivity index (χ3n) is 5.26. The second kappa shape index (κ2) is 9.97. The van der Waals surface area contributed by atoms with Crippen LogP contribution in [0.25, 0.3) is 5.57 Å². The summed E-state index contributed by atoms with van der Waals surface area (Å²) in [6, 6.07) is 13.9. The standard InChI is InChI=1S/C24H28F3NO/c1-2-3-17-29-23-9-7-19(8-10-23)11-14-28-15-12-20(13-16-28)21-5-4-6-22(18-21)24(25,26)27/h4-10,12,18H,2-3,11,13-17H2,1H3. The first-order valence-electron chi connectivity index (χ1n) is 10.3. The average molecular weight is 403 g/mol. The Kier molecular flexibility index (Phi) is 7.37. The van der Waals surface area contributed by atoms with Gasteiger partial charge in [-0.05, 0) is 60.2 Å². The van der Waals surface area contributed by atoms with Gasteiger partial charge >= 0.3 is 6.18 Å². The third kappa shape index (κ3) is 6.36. The van der Waals surface area contributed by atoms with Gasteiger partial charge in [-0.1, -0.05) is 43.7 Å². The Hall–Kier alpha value is -2.27. The van der Waals surface area contributed by atoms with Crippen molar-refractivity contribution < 1.29 is 17.9 Å². The van der Waals surface area contributed by atoms with Gasteiger partial charge in [0, 0.05) is 19.6 Å². The maximum atomic E-state index is 12.9. The topological polar surface area (TPSA) is 12.5 Å². The minimum atomic E-state index is -4.30. The summed E-state index contributed by atoms with van der Waals surface area (Å²) in [5.41, 5.74) is 2.36. The zero-order chi connectivity index (χ0) is 20.7. The first-order chi connectivity index (χ1) is 14.0. The molecular formula is C24H28F3NO. The highest BCUT2D eigenvalue weighted by atomic mass is 19.4. The van der Waals surface area contributed by atoms with E-state index in [1.54, 1.807) is 6.07 Å². The monoisotopic (exact) mass is 403 g/mol. The van der Waals surface area contributed by atoms with Crippen LogP contribution in [0, 0.1) is 0 Å². The van der Waals surface area contributed by atoms with E-state index >= 15 is 0 Å². The smallest absolute Gasteiger partial charge is 0.416 e. The number of hydrogen-bond acceptors (Lipinski definition) is 2. The Morgan fingerprint density at radius 1 is 1.07 bits per heavy atom. The molecule has 0 saturated heterocycles. The fourth-order valence-corrected chi connectivity index (χ4v) is 3.45. The summed E-state index contributed by atoms with van der Waals surface area (Å²) in [6.45, 7) is 5.46. The molecule has 0 atom stereocenters. The van der Waals surface area contributed by atoms with Crippen LogP contribution in [-0.2, 0) is 12.6 Å². The molecule has 29 heavy (non-hydrogen) atoms. The predicted octanol–water partition coefficient (Wildman–Crippen LogP) is 6.22. The molecule has 0 aromatic heterocycles. The molecule has 1 aliphatic heterocycles. The molecule has 0 aliphatic carbocycles. The normalized spacial score (nSPS) is 15.2. The summed E-state index contributed by atoms with van der Waals surface area (Å²) in [6.07, 6.45) is 1.66. The van der Waals surface area contributed by atoms with Crippen LogP contribution in [0.3, 0.4) is 0 Å². The molecule has 0 saturated carbocycles. The van der Waals surface area contributed by atoms with Gasteiger partial charge in [-0.2, -0.15) is 13.2 Å². The number of rotatable bonds is 8. The summed E-state index contributed by atoms with van der Waals surface area (Å²) >= 11 is 0. The first-order valence-corrected chi connectivity index (χ1v) is 10.3. The zero-order valence-electron chi connectivity index (χ0n) is 16.8. The van der Waals surface area contributed by atoms with Crippen molar-refractivity contribution in [3.8, 4) is 5.75 Å². The Labute approximate surface area is 171 Å². The lowest BCUT2D eigenvalue weighted by molar-refractivity contribution is -0.137. The molecular weight excluding hydrogens is 375 g/mol. The fraction of sp³-hybridized carbons (Fsp3) is 0.417. The van der Waals surface area contributed by atoms with E-state index < -0.39 is 11.7 Å². The van der Waals surface area contributed by atoms with Gasteiger partial charge in [-0.3, -0.25) is 4.90 Å². The molecule has 0 spiro atoms. The lowest BCUT2D eigenvalue weighted by atomic mass is 9.97. The highest BCUT2D eigenvalue weighted by Gasteiger charge is 2.30. The van der Waals surface area contributed by atoms with E-state index in [4.69, 9.17) is 4.74 Å². The maximum absolute atomic E-state index is 12.9. The molecule has 1 aliphatic rings. The number of ether oxygens (including phenoxy) is 1. The number of unbranched alkanes of at least 4 members (excludes halogenated alkanes) is 1. The van der Waals surface area contributed by atoms with E-state index in [1.165, 1.54) is 17.7 Å². The van der Waals surface area contributed by atoms with Gasteiger partial charge in [-0.15, -0.1) is 0 Å². The minimum Gasteiger partial charge on any atom is -0.494 e. The summed E-state index contributed by atoms with van der Waals surface area (Å²) < 4.78 is 44.5. The molecule has 1 heterocycles. The number of nitrogens with zero attached hydrogens (tertiary/aromatic N) is 1. The van der Waals surface area contributed by atoms with Crippen LogP contribution in [0.2, 0.25) is 0 Å². The van der Waals surface area contributed by atoms with Crippen LogP contribution in [-0.4, -0.2) is 31.1 Å². The maximum Gasteiger partial charge on any atom is 0.416 e. The average Bonchev–Trinajstić information content (AvgIpc) is 2.73. The second-order valence-corrected chi connectivity index (χ2v) is 7.45. The predicted molar refractivity (Wildman–Crippen MR) is 111 cm³/mol. The van der Waals surface area contributed by atoms with E-state index in [0.717, 1.165) is 69.3 Å². The van der Waals surface area contributed by atoms with Crippen LogP contribution in [0.4, 0.5) is 13.2 Å². The molecule has 0 fully saturated rings. The second-order valence-electron chi connectivity index (χ2n) is 7.45. The van der Waals surface area contributed by atoms with E-state index in [-0.39, 0.29) is 0 Å². The van der Waals surface area contributed by atoms with Crippen LogP contribution in [0.15, 0.2) is 54.6 Å². The molecule has 0 unspecified atom stereocenters. The van der Waals surface area contributed by atoms with E-state index in [1.807, 2.05) is 12.1 Å². The summed E-state index contributed by atoms with van der Waals surface area (Å²) in [4.78, 5) is 2.34. The largest absolute Gasteiger partial charge is 0.494 e. The van der Waals surface area contributed by atoms with E-state index in [9.17, 15) is 13.2 Å². The summed E-state index contributed by atoms with van der Waals surface area (Å²) in [5.74, 6) is 0.911. The van der Waals surface area contributed by atoms with Gasteiger partial charge in [0.1, 0.15) is 5.75 Å². The number of alkyl halides is 3. The molecule has 156 valence electrons. The van der Waals surface area contributed by atoms with Crippen molar-refractivity contribution in [2.75, 3.05) is 26.2 Å². The molecule has 0 bridgehead atoms. The minimum absolute atomic E-state index is 0.583. The number of hydrogen-bond donors (Lipinski definition) is 0. The quantitative estimate of drug-likeness (QED) is 0.486. The molecule has 3 rings (SSSR count). The molecule has 2 aromatic carbocycles. The Morgan fingerprint density at radius 3 is 2.52 bits per heavy atom. The van der Waals surface area contributed by atoms with E-state index in [2.05, 4.69) is 30.0 Å². The Morgan fingerprint density at radius 2 is 1.86 bits per heavy atom. The van der Waals surface area contributed by atoms with Crippen LogP contribution in [0.5, 0.6) is 5.75 Å². The van der Waals surface area contributed by atoms with Crippen LogP contribution >= 0.6 is 0 Å². The van der Waals surface area contributed by atoms with Crippen LogP contribution < -0.4 is 4.74 Å². The lowest BCUT2D eigenvalue weighted by Gasteiger charge is -2.26. The van der Waals surface area contributed by atoms with Gasteiger partial charge < -0.3 is 4.74 Å². The van der Waals surface area contributed by atoms with Crippen molar-refractivity contribution in [1.29, 1.82) is 0 Å². The molecule has 5 heteroatoms. The highest BCUT2D eigenvalue weighted by Crippen LogP contribution is 2.32. The van der Waals surface area contributed by atoms with Crippen molar-refractivity contribution in [2.45, 2.75) is 38.8 Å². The van der Waals surface area contributed by atoms with Crippen LogP contribution in [0.1, 0.15) is 42.9 Å². The number of halogens is 3. The van der Waals surface area contributed by atoms with Gasteiger partial charge in [0.05, 0.1) is 12.2 Å². The van der Waals surface area contributed by atoms with Crippen molar-refractivity contribution in [2.24, 2.45) is 0 Å². The SMILES string of the molecule is CCCCOc1ccc(CCN2CC=C(c3cccc(C(F)(F)F)c3)CC2)cc1. The Bertz CT molecular complexity index is 812. The third-order valence-corrected chi connectivity index (χ3v) is 5.26. The molecule has 0 amide bonds. The summed E-state index contributed by atoms with van der Waals surface area (Å²) in [7, 11) is 0. The summed E-state index contributed by atoms with van der Waals surface area (Å²) in [5, 5.41) is 0. The first kappa shape index (κ1) is 21.4. The lowest BCUT2D eigenvalue weighted by Crippen LogP contribution is -2.30. The molecule has 0 N–H and O–H groups in total. The van der Waals surface area contributed by atoms with Crippen molar-refractivity contribution in [1.82, 2.24) is 4.90 Å². The molecule has 2 nitrogen and oxygen atoms in total. The van der Waals surface area contributed by atoms with Crippen molar-refractivity contribution >= 4 is 5.57 Å². The molecule has 0 radical (unpaired) electrons. The molecule has 2 aromatic rings. The zero-order valence-corrected chi connectivity index (χ0v) is 16.8. The fourth-order valence-electron chi connectivity index (χ4n) is 3.45. The highest BCUT2D eigenvalue weighted by molar-refractivity contribution is 5.67. The van der Waals surface area contributed by atoms with Gasteiger partial charge in [0.15, 0.2) is 0 Å². The van der Waals surface area contributed by atoms with Gasteiger partial charge in [0.2, 0.25) is 0 Å². The van der Waals surface area contributed by atoms with Crippen molar-refractivity contribution in [3.05, 3.63) is 71.3 Å². The van der Waals surface area contributed by atoms with Gasteiger partial charge in [0.25, 0.3) is 0 Å². The van der Waals surface area contributed by atoms with Gasteiger partial charge in [-0.25, -0.2) is 0 Å².